The Morgan fingerprint density at radius 3 is 3.00 bits per heavy atom. The minimum absolute atomic E-state index is 0.267. The molecule has 0 fully saturated rings. The van der Waals surface area contributed by atoms with Crippen molar-refractivity contribution in [2.75, 3.05) is 17.6 Å². The highest BCUT2D eigenvalue weighted by Gasteiger charge is 2.04. The summed E-state index contributed by atoms with van der Waals surface area (Å²) in [6.45, 7) is 0.712. The number of hydrogen-bond donors (Lipinski definition) is 2. The zero-order chi connectivity index (χ0) is 12.1. The van der Waals surface area contributed by atoms with Gasteiger partial charge in [-0.1, -0.05) is 17.7 Å². The predicted octanol–water partition coefficient (Wildman–Crippen LogP) is 1.76. The van der Waals surface area contributed by atoms with Crippen molar-refractivity contribution in [2.45, 2.75) is 6.42 Å². The van der Waals surface area contributed by atoms with Gasteiger partial charge in [-0.2, -0.15) is 0 Å². The topological polar surface area (TPSA) is 76.7 Å². The summed E-state index contributed by atoms with van der Waals surface area (Å²) in [5.74, 6) is 0.564. The third kappa shape index (κ3) is 3.04. The van der Waals surface area contributed by atoms with Crippen LogP contribution in [-0.4, -0.2) is 21.5 Å². The van der Waals surface area contributed by atoms with Gasteiger partial charge in [0.1, 0.15) is 12.0 Å². The van der Waals surface area contributed by atoms with Crippen LogP contribution in [0.5, 0.6) is 0 Å². The predicted molar refractivity (Wildman–Crippen MR) is 67.9 cm³/mol. The SMILES string of the molecule is Nc1c(Cl)ncnc1NCCc1cccnc1. The van der Waals surface area contributed by atoms with E-state index in [4.69, 9.17) is 17.3 Å². The Morgan fingerprint density at radius 1 is 1.35 bits per heavy atom. The van der Waals surface area contributed by atoms with Crippen molar-refractivity contribution in [1.29, 1.82) is 0 Å². The first-order valence-corrected chi connectivity index (χ1v) is 5.54. The third-order valence-electron chi connectivity index (χ3n) is 2.26. The van der Waals surface area contributed by atoms with Crippen molar-refractivity contribution in [3.8, 4) is 0 Å². The highest BCUT2D eigenvalue weighted by Crippen LogP contribution is 2.21. The molecule has 88 valence electrons. The molecule has 0 aliphatic rings. The summed E-state index contributed by atoms with van der Waals surface area (Å²) in [5, 5.41) is 3.38. The monoisotopic (exact) mass is 249 g/mol. The fourth-order valence-electron chi connectivity index (χ4n) is 1.39. The average molecular weight is 250 g/mol. The zero-order valence-electron chi connectivity index (χ0n) is 9.10. The highest BCUT2D eigenvalue weighted by atomic mass is 35.5. The molecule has 0 atom stereocenters. The van der Waals surface area contributed by atoms with E-state index < -0.39 is 0 Å². The molecule has 0 aliphatic carbocycles. The van der Waals surface area contributed by atoms with Crippen LogP contribution in [0.1, 0.15) is 5.56 Å². The largest absolute Gasteiger partial charge is 0.393 e. The van der Waals surface area contributed by atoms with E-state index in [-0.39, 0.29) is 5.15 Å². The van der Waals surface area contributed by atoms with Gasteiger partial charge in [0, 0.05) is 18.9 Å². The zero-order valence-corrected chi connectivity index (χ0v) is 9.85. The molecule has 0 bridgehead atoms. The summed E-state index contributed by atoms with van der Waals surface area (Å²) in [5.41, 5.74) is 7.26. The van der Waals surface area contributed by atoms with Gasteiger partial charge in [0.05, 0.1) is 0 Å². The minimum atomic E-state index is 0.267. The summed E-state index contributed by atoms with van der Waals surface area (Å²) in [7, 11) is 0. The molecular weight excluding hydrogens is 238 g/mol. The number of rotatable bonds is 4. The van der Waals surface area contributed by atoms with Crippen LogP contribution in [-0.2, 0) is 6.42 Å². The van der Waals surface area contributed by atoms with Crippen LogP contribution in [0.25, 0.3) is 0 Å². The minimum Gasteiger partial charge on any atom is -0.393 e. The second kappa shape index (κ2) is 5.45. The maximum Gasteiger partial charge on any atom is 0.157 e. The van der Waals surface area contributed by atoms with Crippen LogP contribution in [0, 0.1) is 0 Å². The van der Waals surface area contributed by atoms with Crippen molar-refractivity contribution in [3.63, 3.8) is 0 Å². The van der Waals surface area contributed by atoms with E-state index in [1.165, 1.54) is 6.33 Å². The molecule has 0 spiro atoms. The van der Waals surface area contributed by atoms with Gasteiger partial charge in [-0.15, -0.1) is 0 Å². The standard InChI is InChI=1S/C11H12ClN5/c12-10-9(13)11(17-7-16-10)15-5-3-8-2-1-4-14-6-8/h1-2,4,6-7H,3,5,13H2,(H,15,16,17). The van der Waals surface area contributed by atoms with Gasteiger partial charge in [-0.25, -0.2) is 9.97 Å². The summed E-state index contributed by atoms with van der Waals surface area (Å²) < 4.78 is 0. The molecule has 17 heavy (non-hydrogen) atoms. The van der Waals surface area contributed by atoms with Gasteiger partial charge in [-0.3, -0.25) is 4.98 Å². The first-order chi connectivity index (χ1) is 8.27. The Morgan fingerprint density at radius 2 is 2.24 bits per heavy atom. The first-order valence-electron chi connectivity index (χ1n) is 5.16. The van der Waals surface area contributed by atoms with Gasteiger partial charge in [0.2, 0.25) is 0 Å². The maximum atomic E-state index is 5.78. The Kier molecular flexibility index (Phi) is 3.72. The second-order valence-corrected chi connectivity index (χ2v) is 3.82. The fraction of sp³-hybridized carbons (Fsp3) is 0.182. The van der Waals surface area contributed by atoms with Gasteiger partial charge in [-0.05, 0) is 18.1 Å². The van der Waals surface area contributed by atoms with Crippen molar-refractivity contribution in [1.82, 2.24) is 15.0 Å². The molecular formula is C11H12ClN5. The summed E-state index contributed by atoms with van der Waals surface area (Å²) >= 11 is 5.78. The number of halogens is 1. The molecule has 5 nitrogen and oxygen atoms in total. The molecule has 2 rings (SSSR count). The molecule has 0 aromatic carbocycles. The molecule has 3 N–H and O–H groups in total. The lowest BCUT2D eigenvalue weighted by Crippen LogP contribution is -2.09. The van der Waals surface area contributed by atoms with Crippen molar-refractivity contribution >= 4 is 23.1 Å². The normalized spacial score (nSPS) is 10.2. The summed E-state index contributed by atoms with van der Waals surface area (Å²) in [6.07, 6.45) is 5.80. The van der Waals surface area contributed by atoms with Crippen molar-refractivity contribution in [3.05, 3.63) is 41.6 Å². The van der Waals surface area contributed by atoms with Crippen LogP contribution in [0.4, 0.5) is 11.5 Å². The number of nitrogens with one attached hydrogen (secondary N) is 1. The molecule has 0 radical (unpaired) electrons. The Labute approximate surface area is 104 Å². The molecule has 0 amide bonds. The number of nitrogen functional groups attached to an aromatic ring is 1. The van der Waals surface area contributed by atoms with Crippen LogP contribution in [0.15, 0.2) is 30.9 Å². The lowest BCUT2D eigenvalue weighted by Gasteiger charge is -2.08. The van der Waals surface area contributed by atoms with Gasteiger partial charge < -0.3 is 11.1 Å². The number of aromatic nitrogens is 3. The second-order valence-electron chi connectivity index (χ2n) is 3.46. The molecule has 0 saturated carbocycles. The van der Waals surface area contributed by atoms with Crippen LogP contribution in [0.2, 0.25) is 5.15 Å². The van der Waals surface area contributed by atoms with Crippen LogP contribution in [0.3, 0.4) is 0 Å². The Hall–Kier alpha value is -1.88. The Bertz CT molecular complexity index is 488. The number of anilines is 2. The quantitative estimate of drug-likeness (QED) is 0.808. The molecule has 0 saturated heterocycles. The fourth-order valence-corrected chi connectivity index (χ4v) is 1.52. The van der Waals surface area contributed by atoms with Gasteiger partial charge >= 0.3 is 0 Å². The lowest BCUT2D eigenvalue weighted by atomic mass is 10.2. The van der Waals surface area contributed by atoms with Crippen LogP contribution < -0.4 is 11.1 Å². The average Bonchev–Trinajstić information content (AvgIpc) is 2.36. The van der Waals surface area contributed by atoms with E-state index in [0.29, 0.717) is 18.1 Å². The lowest BCUT2D eigenvalue weighted by molar-refractivity contribution is 0.989. The molecule has 0 aliphatic heterocycles. The highest BCUT2D eigenvalue weighted by molar-refractivity contribution is 6.32. The van der Waals surface area contributed by atoms with Gasteiger partial charge in [0.15, 0.2) is 11.0 Å². The summed E-state index contributed by atoms with van der Waals surface area (Å²) in [6, 6.07) is 3.93. The molecule has 0 unspecified atom stereocenters. The summed E-state index contributed by atoms with van der Waals surface area (Å²) in [4.78, 5) is 11.9. The number of pyridine rings is 1. The first kappa shape index (κ1) is 11.6. The van der Waals surface area contributed by atoms with Crippen molar-refractivity contribution in [2.24, 2.45) is 0 Å². The molecule has 2 aromatic heterocycles. The van der Waals surface area contributed by atoms with Crippen LogP contribution >= 0.6 is 11.6 Å². The van der Waals surface area contributed by atoms with E-state index in [2.05, 4.69) is 20.3 Å². The Balaban J connectivity index is 1.93. The molecule has 6 heteroatoms. The van der Waals surface area contributed by atoms with E-state index in [9.17, 15) is 0 Å². The smallest absolute Gasteiger partial charge is 0.157 e. The number of hydrogen-bond acceptors (Lipinski definition) is 5. The van der Waals surface area contributed by atoms with Gasteiger partial charge in [0.25, 0.3) is 0 Å². The molecule has 2 heterocycles. The third-order valence-corrected chi connectivity index (χ3v) is 2.57. The number of nitrogens with two attached hydrogens (primary N) is 1. The van der Waals surface area contributed by atoms with E-state index in [1.54, 1.807) is 6.20 Å². The van der Waals surface area contributed by atoms with E-state index >= 15 is 0 Å². The molecule has 2 aromatic rings. The van der Waals surface area contributed by atoms with Crippen molar-refractivity contribution < 1.29 is 0 Å². The number of nitrogens with zero attached hydrogens (tertiary/aromatic N) is 3. The van der Waals surface area contributed by atoms with E-state index in [1.807, 2.05) is 18.3 Å². The maximum absolute atomic E-state index is 5.78. The van der Waals surface area contributed by atoms with E-state index in [0.717, 1.165) is 12.0 Å².